The lowest BCUT2D eigenvalue weighted by molar-refractivity contribution is 1.10. The lowest BCUT2D eigenvalue weighted by atomic mass is 9.95. The first-order valence-corrected chi connectivity index (χ1v) is 18.2. The Hall–Kier alpha value is -6.69. The van der Waals surface area contributed by atoms with Gasteiger partial charge in [0.25, 0.3) is 0 Å². The van der Waals surface area contributed by atoms with E-state index in [9.17, 15) is 0 Å². The van der Waals surface area contributed by atoms with Gasteiger partial charge in [-0.2, -0.15) is 0 Å². The molecule has 52 heavy (non-hydrogen) atoms. The highest BCUT2D eigenvalue weighted by Gasteiger charge is 2.19. The van der Waals surface area contributed by atoms with E-state index in [1.807, 2.05) is 41.7 Å². The second kappa shape index (κ2) is 12.6. The van der Waals surface area contributed by atoms with E-state index in [2.05, 4.69) is 156 Å². The van der Waals surface area contributed by atoms with Crippen LogP contribution in [0.2, 0.25) is 0 Å². The Kier molecular flexibility index (Phi) is 7.29. The lowest BCUT2D eigenvalue weighted by Gasteiger charge is -2.13. The van der Waals surface area contributed by atoms with Crippen molar-refractivity contribution in [1.29, 1.82) is 0 Å². The Morgan fingerprint density at radius 3 is 1.75 bits per heavy atom. The first-order chi connectivity index (χ1) is 25.8. The first-order valence-electron chi connectivity index (χ1n) is 17.4. The predicted octanol–water partition coefficient (Wildman–Crippen LogP) is 12.5. The average molecular weight is 683 g/mol. The van der Waals surface area contributed by atoms with Crippen LogP contribution in [0.25, 0.3) is 93.3 Å². The average Bonchev–Trinajstić information content (AvgIpc) is 3.81. The van der Waals surface area contributed by atoms with E-state index < -0.39 is 0 Å². The Bertz CT molecular complexity index is 2840. The summed E-state index contributed by atoms with van der Waals surface area (Å²) < 4.78 is 4.72. The zero-order chi connectivity index (χ0) is 34.4. The molecule has 0 atom stereocenters. The molecule has 0 aliphatic heterocycles. The summed E-state index contributed by atoms with van der Waals surface area (Å²) in [6, 6.07) is 63.6. The standard InChI is InChI=1S/C47H30N4S/c1-4-15-31(16-5-1)39-30-40(49-46(48-39)32-17-6-2-7-18-32)37-24-14-28-43-45(37)44-36(23-13-27-42(44)52-43)33-19-12-20-34(29-33)47-50-38-25-10-11-26-41(38)51(47)35-21-8-3-9-22-35/h1-30H. The third kappa shape index (κ3) is 5.18. The summed E-state index contributed by atoms with van der Waals surface area (Å²) in [7, 11) is 0. The molecule has 0 bridgehead atoms. The molecule has 0 amide bonds. The highest BCUT2D eigenvalue weighted by molar-refractivity contribution is 7.26. The van der Waals surface area contributed by atoms with Crippen molar-refractivity contribution in [2.45, 2.75) is 0 Å². The van der Waals surface area contributed by atoms with Crippen molar-refractivity contribution in [3.05, 3.63) is 182 Å². The van der Waals surface area contributed by atoms with E-state index >= 15 is 0 Å². The largest absolute Gasteiger partial charge is 0.292 e. The molecule has 5 heteroatoms. The number of benzene rings is 7. The topological polar surface area (TPSA) is 43.6 Å². The van der Waals surface area contributed by atoms with E-state index in [1.165, 1.54) is 25.7 Å². The molecule has 3 aromatic heterocycles. The highest BCUT2D eigenvalue weighted by Crippen LogP contribution is 2.45. The third-order valence-corrected chi connectivity index (χ3v) is 10.8. The smallest absolute Gasteiger partial charge is 0.160 e. The summed E-state index contributed by atoms with van der Waals surface area (Å²) in [5, 5.41) is 2.43. The quantitative estimate of drug-likeness (QED) is 0.175. The van der Waals surface area contributed by atoms with Gasteiger partial charge in [0.1, 0.15) is 5.82 Å². The van der Waals surface area contributed by atoms with Crippen molar-refractivity contribution in [2.75, 3.05) is 0 Å². The molecule has 0 saturated heterocycles. The molecule has 0 fully saturated rings. The zero-order valence-electron chi connectivity index (χ0n) is 28.0. The molecule has 244 valence electrons. The maximum Gasteiger partial charge on any atom is 0.160 e. The summed E-state index contributed by atoms with van der Waals surface area (Å²) >= 11 is 1.82. The molecule has 0 aliphatic rings. The van der Waals surface area contributed by atoms with Crippen molar-refractivity contribution in [3.8, 4) is 62.1 Å². The van der Waals surface area contributed by atoms with Crippen LogP contribution in [0.3, 0.4) is 0 Å². The minimum Gasteiger partial charge on any atom is -0.292 e. The molecule has 0 unspecified atom stereocenters. The summed E-state index contributed by atoms with van der Waals surface area (Å²) in [6.07, 6.45) is 0. The molecule has 0 radical (unpaired) electrons. The van der Waals surface area contributed by atoms with E-state index in [0.29, 0.717) is 5.82 Å². The van der Waals surface area contributed by atoms with E-state index in [0.717, 1.165) is 61.8 Å². The summed E-state index contributed by atoms with van der Waals surface area (Å²) in [5.41, 5.74) is 11.5. The normalized spacial score (nSPS) is 11.5. The van der Waals surface area contributed by atoms with Crippen molar-refractivity contribution in [2.24, 2.45) is 0 Å². The molecule has 0 aliphatic carbocycles. The van der Waals surface area contributed by atoms with Gasteiger partial charge in [0.2, 0.25) is 0 Å². The molecule has 7 aromatic carbocycles. The number of fused-ring (bicyclic) bond motifs is 4. The van der Waals surface area contributed by atoms with Gasteiger partial charge < -0.3 is 0 Å². The van der Waals surface area contributed by atoms with Crippen molar-refractivity contribution < 1.29 is 0 Å². The van der Waals surface area contributed by atoms with Gasteiger partial charge in [-0.05, 0) is 59.7 Å². The van der Waals surface area contributed by atoms with Gasteiger partial charge >= 0.3 is 0 Å². The van der Waals surface area contributed by atoms with Crippen LogP contribution in [0.5, 0.6) is 0 Å². The Labute approximate surface area is 305 Å². The van der Waals surface area contributed by atoms with E-state index in [-0.39, 0.29) is 0 Å². The molecule has 0 spiro atoms. The van der Waals surface area contributed by atoms with E-state index in [4.69, 9.17) is 15.0 Å². The van der Waals surface area contributed by atoms with Gasteiger partial charge in [-0.25, -0.2) is 15.0 Å². The maximum atomic E-state index is 5.23. The van der Waals surface area contributed by atoms with Gasteiger partial charge in [0, 0.05) is 48.1 Å². The third-order valence-electron chi connectivity index (χ3n) is 9.63. The first kappa shape index (κ1) is 30.2. The number of nitrogens with zero attached hydrogens (tertiary/aromatic N) is 4. The fraction of sp³-hybridized carbons (Fsp3) is 0. The number of hydrogen-bond donors (Lipinski definition) is 0. The SMILES string of the molecule is c1ccc(-c2cc(-c3cccc4sc5cccc(-c6cccc(-c7nc8ccccc8n7-c7ccccc7)c6)c5c34)nc(-c3ccccc3)n2)cc1. The molecule has 10 rings (SSSR count). The van der Waals surface area contributed by atoms with Crippen LogP contribution in [0.4, 0.5) is 0 Å². The fourth-order valence-electron chi connectivity index (χ4n) is 7.26. The number of imidazole rings is 1. The highest BCUT2D eigenvalue weighted by atomic mass is 32.1. The molecule has 0 N–H and O–H groups in total. The Balaban J connectivity index is 1.19. The van der Waals surface area contributed by atoms with Gasteiger partial charge in [0.15, 0.2) is 5.82 Å². The van der Waals surface area contributed by atoms with Crippen LogP contribution < -0.4 is 0 Å². The molecule has 4 nitrogen and oxygen atoms in total. The number of aromatic nitrogens is 4. The molecular formula is C47H30N4S. The van der Waals surface area contributed by atoms with Crippen molar-refractivity contribution in [1.82, 2.24) is 19.5 Å². The van der Waals surface area contributed by atoms with Crippen LogP contribution in [-0.2, 0) is 0 Å². The van der Waals surface area contributed by atoms with Gasteiger partial charge in [-0.15, -0.1) is 11.3 Å². The monoisotopic (exact) mass is 682 g/mol. The molecule has 3 heterocycles. The minimum atomic E-state index is 0.711. The lowest BCUT2D eigenvalue weighted by Crippen LogP contribution is -1.97. The Morgan fingerprint density at radius 1 is 0.404 bits per heavy atom. The van der Waals surface area contributed by atoms with Crippen LogP contribution in [0, 0.1) is 0 Å². The summed E-state index contributed by atoms with van der Waals surface area (Å²) in [6.45, 7) is 0. The van der Waals surface area contributed by atoms with Gasteiger partial charge in [-0.1, -0.05) is 133 Å². The number of thiophene rings is 1. The fourth-order valence-corrected chi connectivity index (χ4v) is 8.42. The van der Waals surface area contributed by atoms with Gasteiger partial charge in [-0.3, -0.25) is 4.57 Å². The molecule has 0 saturated carbocycles. The van der Waals surface area contributed by atoms with Crippen LogP contribution in [0.15, 0.2) is 182 Å². The minimum absolute atomic E-state index is 0.711. The number of para-hydroxylation sites is 3. The second-order valence-corrected chi connectivity index (χ2v) is 13.9. The Morgan fingerprint density at radius 2 is 0.981 bits per heavy atom. The van der Waals surface area contributed by atoms with Crippen LogP contribution >= 0.6 is 11.3 Å². The zero-order valence-corrected chi connectivity index (χ0v) is 28.8. The predicted molar refractivity (Wildman–Crippen MR) is 217 cm³/mol. The van der Waals surface area contributed by atoms with Gasteiger partial charge in [0.05, 0.1) is 22.4 Å². The van der Waals surface area contributed by atoms with Crippen LogP contribution in [-0.4, -0.2) is 19.5 Å². The van der Waals surface area contributed by atoms with Crippen molar-refractivity contribution in [3.63, 3.8) is 0 Å². The van der Waals surface area contributed by atoms with Crippen molar-refractivity contribution >= 4 is 42.5 Å². The van der Waals surface area contributed by atoms with E-state index in [1.54, 1.807) is 0 Å². The summed E-state index contributed by atoms with van der Waals surface area (Å²) in [5.74, 6) is 1.63. The van der Waals surface area contributed by atoms with Crippen LogP contribution in [0.1, 0.15) is 0 Å². The summed E-state index contributed by atoms with van der Waals surface area (Å²) in [4.78, 5) is 15.5. The number of rotatable bonds is 6. The second-order valence-electron chi connectivity index (χ2n) is 12.8. The molecular weight excluding hydrogens is 653 g/mol. The molecule has 10 aromatic rings. The maximum absolute atomic E-state index is 5.23. The number of hydrogen-bond acceptors (Lipinski definition) is 4.